The van der Waals surface area contributed by atoms with Crippen LogP contribution in [0.1, 0.15) is 12.8 Å². The summed E-state index contributed by atoms with van der Waals surface area (Å²) in [5, 5.41) is 3.84. The molecule has 1 aromatic carbocycles. The summed E-state index contributed by atoms with van der Waals surface area (Å²) in [6.07, 6.45) is 1.61. The molecule has 1 amide bonds. The van der Waals surface area contributed by atoms with Crippen LogP contribution < -0.4 is 15.8 Å². The highest BCUT2D eigenvalue weighted by Crippen LogP contribution is 2.35. The second-order valence-corrected chi connectivity index (χ2v) is 6.56. The number of hydrogen-bond donors (Lipinski definition) is 2. The van der Waals surface area contributed by atoms with Gasteiger partial charge in [-0.2, -0.15) is 0 Å². The molecular weight excluding hydrogens is 398 g/mol. The van der Waals surface area contributed by atoms with Gasteiger partial charge in [0.2, 0.25) is 5.91 Å². The molecule has 136 valence electrons. The Hall–Kier alpha value is -0.430. The lowest BCUT2D eigenvalue weighted by atomic mass is 9.92. The van der Waals surface area contributed by atoms with Crippen LogP contribution in [0.5, 0.6) is 5.75 Å². The number of carbonyl (C=O) groups is 1. The van der Waals surface area contributed by atoms with Gasteiger partial charge in [-0.15, -0.1) is 12.4 Å². The molecule has 0 bridgehead atoms. The zero-order chi connectivity index (χ0) is 16.8. The van der Waals surface area contributed by atoms with Crippen LogP contribution in [0.4, 0.5) is 0 Å². The minimum Gasteiger partial charge on any atom is -0.489 e. The summed E-state index contributed by atoms with van der Waals surface area (Å²) in [4.78, 5) is 12.0. The Morgan fingerprint density at radius 3 is 2.46 bits per heavy atom. The van der Waals surface area contributed by atoms with Crippen LogP contribution >= 0.6 is 47.2 Å². The van der Waals surface area contributed by atoms with Crippen LogP contribution in [0.25, 0.3) is 0 Å². The first kappa shape index (κ1) is 21.6. The van der Waals surface area contributed by atoms with Crippen LogP contribution in [-0.2, 0) is 9.53 Å². The fourth-order valence-electron chi connectivity index (χ4n) is 2.40. The van der Waals surface area contributed by atoms with E-state index in [-0.39, 0.29) is 30.8 Å². The first-order chi connectivity index (χ1) is 11.0. The predicted molar refractivity (Wildman–Crippen MR) is 98.7 cm³/mol. The number of ether oxygens (including phenoxy) is 2. The van der Waals surface area contributed by atoms with Gasteiger partial charge in [0.1, 0.15) is 6.61 Å². The number of hydrogen-bond acceptors (Lipinski definition) is 4. The minimum atomic E-state index is -0.526. The van der Waals surface area contributed by atoms with E-state index in [1.54, 1.807) is 12.1 Å². The van der Waals surface area contributed by atoms with Gasteiger partial charge in [0, 0.05) is 18.2 Å². The molecule has 1 fully saturated rings. The molecule has 1 aliphatic rings. The molecule has 0 aliphatic carbocycles. The Bertz CT molecular complexity index is 531. The first-order valence-corrected chi connectivity index (χ1v) is 8.51. The molecule has 1 unspecified atom stereocenters. The zero-order valence-corrected chi connectivity index (χ0v) is 16.0. The summed E-state index contributed by atoms with van der Waals surface area (Å²) in [6, 6.07) is 2.56. The summed E-state index contributed by atoms with van der Waals surface area (Å²) in [5.41, 5.74) is 5.98. The smallest absolute Gasteiger partial charge is 0.237 e. The fourth-order valence-corrected chi connectivity index (χ4v) is 3.33. The molecule has 0 radical (unpaired) electrons. The zero-order valence-electron chi connectivity index (χ0n) is 12.9. The van der Waals surface area contributed by atoms with Gasteiger partial charge in [0.15, 0.2) is 5.75 Å². The standard InChI is InChI=1S/C15H19Cl3N2O3.ClH/c16-10-7-11(17)14(12(18)8-10)23-6-3-20-15(21)13(19)9-1-4-22-5-2-9;/h7-9,13H,1-6,19H2,(H,20,21);1H. The number of rotatable bonds is 6. The Balaban J connectivity index is 0.00000288. The summed E-state index contributed by atoms with van der Waals surface area (Å²) in [5.74, 6) is 0.319. The van der Waals surface area contributed by atoms with Crippen LogP contribution in [0, 0.1) is 5.92 Å². The minimum absolute atomic E-state index is 0. The van der Waals surface area contributed by atoms with Crippen molar-refractivity contribution in [3.8, 4) is 5.75 Å². The Labute approximate surface area is 162 Å². The number of nitrogens with two attached hydrogens (primary N) is 1. The van der Waals surface area contributed by atoms with Crippen molar-refractivity contribution in [2.75, 3.05) is 26.4 Å². The third-order valence-corrected chi connectivity index (χ3v) is 4.47. The maximum atomic E-state index is 12.0. The molecule has 2 rings (SSSR count). The monoisotopic (exact) mass is 416 g/mol. The van der Waals surface area contributed by atoms with Crippen molar-refractivity contribution in [3.63, 3.8) is 0 Å². The predicted octanol–water partition coefficient (Wildman–Crippen LogP) is 3.32. The van der Waals surface area contributed by atoms with E-state index in [0.717, 1.165) is 12.8 Å². The van der Waals surface area contributed by atoms with Crippen LogP contribution in [0.15, 0.2) is 12.1 Å². The van der Waals surface area contributed by atoms with E-state index in [0.29, 0.717) is 40.6 Å². The fraction of sp³-hybridized carbons (Fsp3) is 0.533. The molecular formula is C15H20Cl4N2O3. The molecule has 1 saturated heterocycles. The summed E-state index contributed by atoms with van der Waals surface area (Å²) in [6.45, 7) is 1.85. The molecule has 1 heterocycles. The highest BCUT2D eigenvalue weighted by Gasteiger charge is 2.26. The van der Waals surface area contributed by atoms with Crippen molar-refractivity contribution in [1.82, 2.24) is 5.32 Å². The maximum Gasteiger partial charge on any atom is 0.237 e. The number of carbonyl (C=O) groups excluding carboxylic acids is 1. The van der Waals surface area contributed by atoms with E-state index in [9.17, 15) is 4.79 Å². The average molecular weight is 418 g/mol. The molecule has 1 aromatic rings. The molecule has 9 heteroatoms. The van der Waals surface area contributed by atoms with Gasteiger partial charge >= 0.3 is 0 Å². The quantitative estimate of drug-likeness (QED) is 0.696. The van der Waals surface area contributed by atoms with Gasteiger partial charge in [-0.1, -0.05) is 34.8 Å². The number of nitrogens with one attached hydrogen (secondary N) is 1. The normalized spacial score (nSPS) is 16.2. The third-order valence-electron chi connectivity index (χ3n) is 3.69. The molecule has 1 aliphatic heterocycles. The molecule has 0 spiro atoms. The third kappa shape index (κ3) is 6.14. The number of halogens is 4. The number of amides is 1. The van der Waals surface area contributed by atoms with Crippen molar-refractivity contribution in [1.29, 1.82) is 0 Å². The van der Waals surface area contributed by atoms with E-state index in [1.807, 2.05) is 0 Å². The van der Waals surface area contributed by atoms with Gasteiger partial charge in [-0.25, -0.2) is 0 Å². The lowest BCUT2D eigenvalue weighted by Gasteiger charge is -2.26. The van der Waals surface area contributed by atoms with Crippen molar-refractivity contribution >= 4 is 53.1 Å². The lowest BCUT2D eigenvalue weighted by Crippen LogP contribution is -2.47. The molecule has 0 aromatic heterocycles. The Morgan fingerprint density at radius 1 is 1.29 bits per heavy atom. The second-order valence-electron chi connectivity index (χ2n) is 5.31. The molecule has 1 atom stereocenters. The first-order valence-electron chi connectivity index (χ1n) is 7.37. The SMILES string of the molecule is Cl.NC(C(=O)NCCOc1c(Cl)cc(Cl)cc1Cl)C1CCOCC1. The molecule has 0 saturated carbocycles. The van der Waals surface area contributed by atoms with Gasteiger partial charge in [-0.3, -0.25) is 4.79 Å². The van der Waals surface area contributed by atoms with Gasteiger partial charge in [0.05, 0.1) is 22.6 Å². The second kappa shape index (κ2) is 10.5. The van der Waals surface area contributed by atoms with Crippen molar-refractivity contribution < 1.29 is 14.3 Å². The molecule has 3 N–H and O–H groups in total. The molecule has 5 nitrogen and oxygen atoms in total. The van der Waals surface area contributed by atoms with Crippen molar-refractivity contribution in [2.45, 2.75) is 18.9 Å². The Kier molecular flexibility index (Phi) is 9.49. The number of benzene rings is 1. The topological polar surface area (TPSA) is 73.6 Å². The van der Waals surface area contributed by atoms with E-state index in [2.05, 4.69) is 5.32 Å². The molecule has 24 heavy (non-hydrogen) atoms. The lowest BCUT2D eigenvalue weighted by molar-refractivity contribution is -0.124. The van der Waals surface area contributed by atoms with Crippen LogP contribution in [0.3, 0.4) is 0 Å². The largest absolute Gasteiger partial charge is 0.489 e. The summed E-state index contributed by atoms with van der Waals surface area (Å²) < 4.78 is 10.8. The maximum absolute atomic E-state index is 12.0. The van der Waals surface area contributed by atoms with Crippen molar-refractivity contribution in [3.05, 3.63) is 27.2 Å². The van der Waals surface area contributed by atoms with Crippen LogP contribution in [-0.4, -0.2) is 38.3 Å². The Morgan fingerprint density at radius 2 is 1.88 bits per heavy atom. The summed E-state index contributed by atoms with van der Waals surface area (Å²) >= 11 is 17.9. The van der Waals surface area contributed by atoms with Gasteiger partial charge in [-0.05, 0) is 30.9 Å². The average Bonchev–Trinajstić information content (AvgIpc) is 2.53. The van der Waals surface area contributed by atoms with Crippen LogP contribution in [0.2, 0.25) is 15.1 Å². The van der Waals surface area contributed by atoms with E-state index >= 15 is 0 Å². The highest BCUT2D eigenvalue weighted by atomic mass is 35.5. The van der Waals surface area contributed by atoms with Crippen molar-refractivity contribution in [2.24, 2.45) is 11.7 Å². The van der Waals surface area contributed by atoms with Gasteiger partial charge < -0.3 is 20.5 Å². The van der Waals surface area contributed by atoms with E-state index < -0.39 is 6.04 Å². The van der Waals surface area contributed by atoms with Gasteiger partial charge in [0.25, 0.3) is 0 Å². The van der Waals surface area contributed by atoms with E-state index in [4.69, 9.17) is 50.0 Å². The summed E-state index contributed by atoms with van der Waals surface area (Å²) in [7, 11) is 0. The van der Waals surface area contributed by atoms with E-state index in [1.165, 1.54) is 0 Å². The highest BCUT2D eigenvalue weighted by molar-refractivity contribution is 6.40.